The van der Waals surface area contributed by atoms with Gasteiger partial charge < -0.3 is 9.52 Å². The van der Waals surface area contributed by atoms with Gasteiger partial charge in [0.15, 0.2) is 10.1 Å². The first-order valence-corrected chi connectivity index (χ1v) is 6.37. The van der Waals surface area contributed by atoms with Gasteiger partial charge in [-0.1, -0.05) is 11.8 Å². The molecule has 0 aliphatic rings. The highest BCUT2D eigenvalue weighted by Gasteiger charge is 2.04. The maximum absolute atomic E-state index is 11.1. The van der Waals surface area contributed by atoms with Crippen molar-refractivity contribution in [2.24, 2.45) is 0 Å². The van der Waals surface area contributed by atoms with E-state index in [1.54, 1.807) is 11.3 Å². The number of hydrogen-bond acceptors (Lipinski definition) is 6. The molecule has 2 aromatic rings. The molecule has 1 N–H and O–H groups in total. The standard InChI is InChI=1S/C10H9NO3S2/c1-6-4-15-10(11-6)16-5-7-2-8(12)9(13)3-14-7/h2-4,13H,5H2,1H3. The van der Waals surface area contributed by atoms with Crippen molar-refractivity contribution in [2.45, 2.75) is 17.0 Å². The van der Waals surface area contributed by atoms with Crippen molar-refractivity contribution in [3.05, 3.63) is 39.4 Å². The average molecular weight is 255 g/mol. The second-order valence-electron chi connectivity index (χ2n) is 3.14. The van der Waals surface area contributed by atoms with E-state index in [0.717, 1.165) is 16.3 Å². The predicted molar refractivity (Wildman–Crippen MR) is 63.1 cm³/mol. The highest BCUT2D eigenvalue weighted by Crippen LogP contribution is 2.25. The summed E-state index contributed by atoms with van der Waals surface area (Å²) in [5.41, 5.74) is 0.567. The lowest BCUT2D eigenvalue weighted by molar-refractivity contribution is 0.419. The van der Waals surface area contributed by atoms with Crippen LogP contribution in [0, 0.1) is 6.92 Å². The van der Waals surface area contributed by atoms with Crippen molar-refractivity contribution >= 4 is 23.1 Å². The van der Waals surface area contributed by atoms with Gasteiger partial charge in [-0.25, -0.2) is 4.98 Å². The van der Waals surface area contributed by atoms with E-state index in [-0.39, 0.29) is 5.75 Å². The van der Waals surface area contributed by atoms with Crippen LogP contribution in [0.1, 0.15) is 11.5 Å². The molecule has 4 nitrogen and oxygen atoms in total. The topological polar surface area (TPSA) is 63.3 Å². The Morgan fingerprint density at radius 1 is 1.62 bits per heavy atom. The zero-order valence-electron chi connectivity index (χ0n) is 8.47. The van der Waals surface area contributed by atoms with Crippen LogP contribution >= 0.6 is 23.1 Å². The molecule has 2 heterocycles. The molecular formula is C10H9NO3S2. The van der Waals surface area contributed by atoms with E-state index in [4.69, 9.17) is 9.52 Å². The molecule has 0 saturated heterocycles. The molecule has 6 heteroatoms. The number of nitrogens with zero attached hydrogens (tertiary/aromatic N) is 1. The first-order chi connectivity index (χ1) is 7.65. The third kappa shape index (κ3) is 2.65. The van der Waals surface area contributed by atoms with Crippen LogP contribution < -0.4 is 5.43 Å². The molecule has 0 spiro atoms. The SMILES string of the molecule is Cc1csc(SCc2cc(=O)c(O)co2)n1. The fourth-order valence-electron chi connectivity index (χ4n) is 1.05. The molecule has 16 heavy (non-hydrogen) atoms. The van der Waals surface area contributed by atoms with E-state index < -0.39 is 5.43 Å². The largest absolute Gasteiger partial charge is 0.502 e. The molecule has 0 aliphatic carbocycles. The van der Waals surface area contributed by atoms with Crippen molar-refractivity contribution in [3.8, 4) is 5.75 Å². The van der Waals surface area contributed by atoms with Crippen molar-refractivity contribution < 1.29 is 9.52 Å². The van der Waals surface area contributed by atoms with E-state index in [2.05, 4.69) is 4.98 Å². The Balaban J connectivity index is 2.05. The van der Waals surface area contributed by atoms with Crippen LogP contribution in [-0.2, 0) is 5.75 Å². The molecule has 2 aromatic heterocycles. The molecule has 0 saturated carbocycles. The van der Waals surface area contributed by atoms with E-state index in [9.17, 15) is 4.79 Å². The number of rotatable bonds is 3. The molecule has 0 fully saturated rings. The summed E-state index contributed by atoms with van der Waals surface area (Å²) in [6, 6.07) is 1.29. The fraction of sp³-hybridized carbons (Fsp3) is 0.200. The van der Waals surface area contributed by atoms with E-state index in [1.807, 2.05) is 12.3 Å². The van der Waals surface area contributed by atoms with Crippen LogP contribution in [0.15, 0.2) is 31.3 Å². The van der Waals surface area contributed by atoms with E-state index >= 15 is 0 Å². The lowest BCUT2D eigenvalue weighted by Crippen LogP contribution is -1.98. The molecule has 0 amide bonds. The fourth-order valence-corrected chi connectivity index (χ4v) is 2.79. The van der Waals surface area contributed by atoms with Gasteiger partial charge in [-0.3, -0.25) is 4.79 Å². The highest BCUT2D eigenvalue weighted by atomic mass is 32.2. The van der Waals surface area contributed by atoms with Crippen LogP contribution in [0.5, 0.6) is 5.75 Å². The molecule has 0 atom stereocenters. The number of aromatic hydroxyl groups is 1. The van der Waals surface area contributed by atoms with Gasteiger partial charge in [-0.2, -0.15) is 0 Å². The smallest absolute Gasteiger partial charge is 0.226 e. The van der Waals surface area contributed by atoms with Crippen LogP contribution in [0.25, 0.3) is 0 Å². The van der Waals surface area contributed by atoms with E-state index in [1.165, 1.54) is 17.8 Å². The van der Waals surface area contributed by atoms with Crippen molar-refractivity contribution in [1.29, 1.82) is 0 Å². The molecule has 0 bridgehead atoms. The van der Waals surface area contributed by atoms with Crippen LogP contribution in [0.2, 0.25) is 0 Å². The Bertz CT molecular complexity index is 547. The van der Waals surface area contributed by atoms with E-state index in [0.29, 0.717) is 11.5 Å². The summed E-state index contributed by atoms with van der Waals surface area (Å²) >= 11 is 3.06. The maximum atomic E-state index is 11.1. The second kappa shape index (κ2) is 4.71. The predicted octanol–water partition coefficient (Wildman–Crippen LogP) is 2.40. The number of hydrogen-bond donors (Lipinski definition) is 1. The Morgan fingerprint density at radius 3 is 3.06 bits per heavy atom. The summed E-state index contributed by atoms with van der Waals surface area (Å²) in [7, 11) is 0. The van der Waals surface area contributed by atoms with Crippen molar-refractivity contribution in [1.82, 2.24) is 4.98 Å². The van der Waals surface area contributed by atoms with Gasteiger partial charge in [0.05, 0.1) is 5.75 Å². The molecule has 0 radical (unpaired) electrons. The Labute approximate surface area is 100.0 Å². The molecule has 0 aliphatic heterocycles. The summed E-state index contributed by atoms with van der Waals surface area (Å²) in [6.45, 7) is 1.93. The van der Waals surface area contributed by atoms with Crippen molar-refractivity contribution in [2.75, 3.05) is 0 Å². The van der Waals surface area contributed by atoms with Crippen molar-refractivity contribution in [3.63, 3.8) is 0 Å². The molecule has 0 unspecified atom stereocenters. The lowest BCUT2D eigenvalue weighted by atomic mass is 10.4. The Kier molecular flexibility index (Phi) is 3.31. The van der Waals surface area contributed by atoms with Gasteiger partial charge in [-0.05, 0) is 6.92 Å². The minimum absolute atomic E-state index is 0.362. The monoisotopic (exact) mass is 255 g/mol. The Hall–Kier alpha value is -1.27. The van der Waals surface area contributed by atoms with Gasteiger partial charge in [0, 0.05) is 17.1 Å². The zero-order valence-corrected chi connectivity index (χ0v) is 10.1. The first-order valence-electron chi connectivity index (χ1n) is 4.51. The molecule has 2 rings (SSSR count). The minimum atomic E-state index is -0.419. The van der Waals surface area contributed by atoms with Gasteiger partial charge in [0.2, 0.25) is 5.43 Å². The first kappa shape index (κ1) is 11.2. The number of aryl methyl sites for hydroxylation is 1. The van der Waals surface area contributed by atoms with Crippen LogP contribution in [0.4, 0.5) is 0 Å². The third-order valence-electron chi connectivity index (χ3n) is 1.80. The van der Waals surface area contributed by atoms with Gasteiger partial charge in [-0.15, -0.1) is 11.3 Å². The summed E-state index contributed by atoms with van der Waals surface area (Å²) in [5.74, 6) is 0.696. The number of thioether (sulfide) groups is 1. The minimum Gasteiger partial charge on any atom is -0.502 e. The number of aromatic nitrogens is 1. The summed E-state index contributed by atoms with van der Waals surface area (Å²) < 4.78 is 6.01. The summed E-state index contributed by atoms with van der Waals surface area (Å²) in [6.07, 6.45) is 1.06. The van der Waals surface area contributed by atoms with Crippen LogP contribution in [0.3, 0.4) is 0 Å². The molecule has 0 aromatic carbocycles. The lowest BCUT2D eigenvalue weighted by Gasteiger charge is -1.97. The van der Waals surface area contributed by atoms with Gasteiger partial charge in [0.25, 0.3) is 0 Å². The average Bonchev–Trinajstić information content (AvgIpc) is 2.66. The molecule has 84 valence electrons. The summed E-state index contributed by atoms with van der Waals surface area (Å²) in [5, 5.41) is 11.0. The quantitative estimate of drug-likeness (QED) is 0.853. The van der Waals surface area contributed by atoms with Gasteiger partial charge in [0.1, 0.15) is 12.0 Å². The normalized spacial score (nSPS) is 10.6. The third-order valence-corrected chi connectivity index (χ3v) is 3.96. The summed E-state index contributed by atoms with van der Waals surface area (Å²) in [4.78, 5) is 15.4. The zero-order chi connectivity index (χ0) is 11.5. The molecular weight excluding hydrogens is 246 g/mol. The number of thiazole rings is 1. The highest BCUT2D eigenvalue weighted by molar-refractivity contribution is 8.00. The maximum Gasteiger partial charge on any atom is 0.226 e. The second-order valence-corrected chi connectivity index (χ2v) is 5.22. The van der Waals surface area contributed by atoms with Gasteiger partial charge >= 0.3 is 0 Å². The van der Waals surface area contributed by atoms with Crippen LogP contribution in [-0.4, -0.2) is 10.1 Å². The Morgan fingerprint density at radius 2 is 2.44 bits per heavy atom.